The Morgan fingerprint density at radius 3 is 2.85 bits per heavy atom. The van der Waals surface area contributed by atoms with Crippen LogP contribution in [0.25, 0.3) is 10.2 Å². The average molecular weight is 390 g/mol. The molecule has 0 aliphatic rings. The Balaban J connectivity index is 1.71. The molecule has 0 aliphatic heterocycles. The van der Waals surface area contributed by atoms with E-state index < -0.39 is 0 Å². The quantitative estimate of drug-likeness (QED) is 0.645. The van der Waals surface area contributed by atoms with Gasteiger partial charge in [0.05, 0.1) is 9.72 Å². The second-order valence-electron chi connectivity index (χ2n) is 6.39. The van der Waals surface area contributed by atoms with E-state index in [1.807, 2.05) is 25.1 Å². The molecule has 1 amide bonds. The van der Waals surface area contributed by atoms with Gasteiger partial charge in [-0.05, 0) is 42.2 Å². The van der Waals surface area contributed by atoms with E-state index in [2.05, 4.69) is 24.1 Å². The molecule has 7 heteroatoms. The lowest BCUT2D eigenvalue weighted by Crippen LogP contribution is -2.20. The molecule has 26 heavy (non-hydrogen) atoms. The second kappa shape index (κ2) is 7.51. The van der Waals surface area contributed by atoms with E-state index in [0.717, 1.165) is 21.6 Å². The highest BCUT2D eigenvalue weighted by atomic mass is 35.5. The van der Waals surface area contributed by atoms with Crippen LogP contribution in [0.15, 0.2) is 30.3 Å². The number of halogens is 1. The van der Waals surface area contributed by atoms with E-state index in [-0.39, 0.29) is 12.5 Å². The van der Waals surface area contributed by atoms with E-state index in [4.69, 9.17) is 22.1 Å². The summed E-state index contributed by atoms with van der Waals surface area (Å²) in [5, 5.41) is 3.70. The zero-order valence-electron chi connectivity index (χ0n) is 14.8. The maximum Gasteiger partial charge on any atom is 0.262 e. The summed E-state index contributed by atoms with van der Waals surface area (Å²) < 4.78 is 6.59. The Hall–Kier alpha value is -2.31. The van der Waals surface area contributed by atoms with Crippen LogP contribution in [0.4, 0.5) is 10.8 Å². The van der Waals surface area contributed by atoms with Crippen LogP contribution in [-0.4, -0.2) is 17.5 Å². The Morgan fingerprint density at radius 2 is 2.12 bits per heavy atom. The molecule has 0 spiro atoms. The molecule has 0 bridgehead atoms. The summed E-state index contributed by atoms with van der Waals surface area (Å²) in [6.45, 7) is 6.10. The molecular weight excluding hydrogens is 370 g/mol. The van der Waals surface area contributed by atoms with Crippen LogP contribution in [-0.2, 0) is 4.79 Å². The van der Waals surface area contributed by atoms with Crippen LogP contribution >= 0.6 is 22.9 Å². The lowest BCUT2D eigenvalue weighted by atomic mass is 10.0. The standard InChI is InChI=1S/C19H20ClN3O2S/c1-10(2)13-5-4-11(3)6-15(13)25-9-17(24)22-12-7-14(20)18-16(8-12)26-19(21)23-18/h4-8,10H,9H2,1-3H3,(H2,21,23)(H,22,24). The fourth-order valence-electron chi connectivity index (χ4n) is 2.66. The van der Waals surface area contributed by atoms with E-state index in [1.54, 1.807) is 12.1 Å². The summed E-state index contributed by atoms with van der Waals surface area (Å²) >= 11 is 7.54. The average Bonchev–Trinajstić information content (AvgIpc) is 2.93. The van der Waals surface area contributed by atoms with Crippen molar-refractivity contribution in [1.29, 1.82) is 0 Å². The second-order valence-corrected chi connectivity index (χ2v) is 7.86. The number of fused-ring (bicyclic) bond motifs is 1. The molecular formula is C19H20ClN3O2S. The minimum absolute atomic E-state index is 0.0797. The number of nitrogens with two attached hydrogens (primary N) is 1. The number of ether oxygens (including phenoxy) is 1. The monoisotopic (exact) mass is 389 g/mol. The predicted molar refractivity (Wildman–Crippen MR) is 108 cm³/mol. The van der Waals surface area contributed by atoms with E-state index in [1.165, 1.54) is 11.3 Å². The number of carbonyl (C=O) groups is 1. The largest absolute Gasteiger partial charge is 0.483 e. The summed E-state index contributed by atoms with van der Waals surface area (Å²) in [6, 6.07) is 9.49. The molecule has 5 nitrogen and oxygen atoms in total. The maximum atomic E-state index is 12.3. The van der Waals surface area contributed by atoms with Gasteiger partial charge in [0, 0.05) is 5.69 Å². The number of benzene rings is 2. The molecule has 0 unspecified atom stereocenters. The van der Waals surface area contributed by atoms with Crippen molar-refractivity contribution in [3.8, 4) is 5.75 Å². The third-order valence-electron chi connectivity index (χ3n) is 3.90. The van der Waals surface area contributed by atoms with Gasteiger partial charge in [0.1, 0.15) is 11.3 Å². The number of thiazole rings is 1. The normalized spacial score (nSPS) is 11.1. The Morgan fingerprint density at radius 1 is 1.35 bits per heavy atom. The Labute approximate surface area is 161 Å². The number of aryl methyl sites for hydroxylation is 1. The molecule has 136 valence electrons. The number of rotatable bonds is 5. The van der Waals surface area contributed by atoms with Crippen molar-refractivity contribution in [2.75, 3.05) is 17.7 Å². The zero-order valence-corrected chi connectivity index (χ0v) is 16.4. The molecule has 2 aromatic carbocycles. The molecule has 0 atom stereocenters. The molecule has 0 aliphatic carbocycles. The summed E-state index contributed by atoms with van der Waals surface area (Å²) in [7, 11) is 0. The molecule has 1 aromatic heterocycles. The summed E-state index contributed by atoms with van der Waals surface area (Å²) in [5.74, 6) is 0.791. The minimum Gasteiger partial charge on any atom is -0.483 e. The van der Waals surface area contributed by atoms with E-state index in [0.29, 0.717) is 27.3 Å². The number of amides is 1. The zero-order chi connectivity index (χ0) is 18.8. The highest BCUT2D eigenvalue weighted by Gasteiger charge is 2.12. The van der Waals surface area contributed by atoms with Gasteiger partial charge in [-0.2, -0.15) is 0 Å². The van der Waals surface area contributed by atoms with Gasteiger partial charge in [-0.15, -0.1) is 0 Å². The van der Waals surface area contributed by atoms with Crippen LogP contribution < -0.4 is 15.8 Å². The Kier molecular flexibility index (Phi) is 5.34. The third kappa shape index (κ3) is 4.08. The van der Waals surface area contributed by atoms with Gasteiger partial charge in [-0.25, -0.2) is 4.98 Å². The van der Waals surface area contributed by atoms with Crippen LogP contribution in [0.2, 0.25) is 5.02 Å². The van der Waals surface area contributed by atoms with Crippen LogP contribution in [0, 0.1) is 6.92 Å². The van der Waals surface area contributed by atoms with Gasteiger partial charge >= 0.3 is 0 Å². The summed E-state index contributed by atoms with van der Waals surface area (Å²) in [5.41, 5.74) is 9.11. The van der Waals surface area contributed by atoms with Gasteiger partial charge in [0.15, 0.2) is 11.7 Å². The Bertz CT molecular complexity index is 969. The number of carbonyl (C=O) groups excluding carboxylic acids is 1. The highest BCUT2D eigenvalue weighted by Crippen LogP contribution is 2.33. The van der Waals surface area contributed by atoms with Gasteiger partial charge < -0.3 is 15.8 Å². The van der Waals surface area contributed by atoms with Crippen LogP contribution in [0.5, 0.6) is 5.75 Å². The first-order chi connectivity index (χ1) is 12.3. The SMILES string of the molecule is Cc1ccc(C(C)C)c(OCC(=O)Nc2cc(Cl)c3nc(N)sc3c2)c1. The van der Waals surface area contributed by atoms with Crippen LogP contribution in [0.3, 0.4) is 0 Å². The third-order valence-corrected chi connectivity index (χ3v) is 5.02. The topological polar surface area (TPSA) is 77.2 Å². The molecule has 0 saturated carbocycles. The number of anilines is 2. The van der Waals surface area contributed by atoms with Crippen molar-refractivity contribution in [2.45, 2.75) is 26.7 Å². The van der Waals surface area contributed by atoms with Crippen molar-refractivity contribution < 1.29 is 9.53 Å². The number of nitrogens with one attached hydrogen (secondary N) is 1. The minimum atomic E-state index is -0.255. The first-order valence-corrected chi connectivity index (χ1v) is 9.41. The summed E-state index contributed by atoms with van der Waals surface area (Å²) in [4.78, 5) is 16.5. The fraction of sp³-hybridized carbons (Fsp3) is 0.263. The van der Waals surface area contributed by atoms with E-state index >= 15 is 0 Å². The smallest absolute Gasteiger partial charge is 0.262 e. The molecule has 3 N–H and O–H groups in total. The first kappa shape index (κ1) is 18.5. The number of hydrogen-bond acceptors (Lipinski definition) is 5. The summed E-state index contributed by atoms with van der Waals surface area (Å²) in [6.07, 6.45) is 0. The van der Waals surface area contributed by atoms with Crippen molar-refractivity contribution in [3.63, 3.8) is 0 Å². The van der Waals surface area contributed by atoms with Crippen molar-refractivity contribution in [3.05, 3.63) is 46.5 Å². The number of nitrogen functional groups attached to an aromatic ring is 1. The first-order valence-electron chi connectivity index (χ1n) is 8.22. The fourth-order valence-corrected chi connectivity index (χ4v) is 3.78. The van der Waals surface area contributed by atoms with Crippen LogP contribution in [0.1, 0.15) is 30.9 Å². The molecule has 3 rings (SSSR count). The van der Waals surface area contributed by atoms with Crippen molar-refractivity contribution >= 4 is 49.9 Å². The highest BCUT2D eigenvalue weighted by molar-refractivity contribution is 7.22. The van der Waals surface area contributed by atoms with Gasteiger partial charge in [-0.3, -0.25) is 4.79 Å². The van der Waals surface area contributed by atoms with Crippen molar-refractivity contribution in [1.82, 2.24) is 4.98 Å². The van der Waals surface area contributed by atoms with Crippen molar-refractivity contribution in [2.24, 2.45) is 0 Å². The molecule has 0 saturated heterocycles. The van der Waals surface area contributed by atoms with Gasteiger partial charge in [-0.1, -0.05) is 48.9 Å². The van der Waals surface area contributed by atoms with Gasteiger partial charge in [0.25, 0.3) is 5.91 Å². The maximum absolute atomic E-state index is 12.3. The molecule has 0 fully saturated rings. The lowest BCUT2D eigenvalue weighted by molar-refractivity contribution is -0.118. The number of aromatic nitrogens is 1. The molecule has 3 aromatic rings. The number of nitrogens with zero attached hydrogens (tertiary/aromatic N) is 1. The molecule has 1 heterocycles. The predicted octanol–water partition coefficient (Wildman–Crippen LogP) is 4.98. The lowest BCUT2D eigenvalue weighted by Gasteiger charge is -2.15. The number of hydrogen-bond donors (Lipinski definition) is 2. The molecule has 0 radical (unpaired) electrons. The van der Waals surface area contributed by atoms with E-state index in [9.17, 15) is 4.79 Å². The van der Waals surface area contributed by atoms with Gasteiger partial charge in [0.2, 0.25) is 0 Å².